The van der Waals surface area contributed by atoms with Crippen LogP contribution in [0.2, 0.25) is 0 Å². The van der Waals surface area contributed by atoms with Gasteiger partial charge in [0.2, 0.25) is 5.91 Å². The van der Waals surface area contributed by atoms with Crippen LogP contribution in [0.25, 0.3) is 11.0 Å². The summed E-state index contributed by atoms with van der Waals surface area (Å²) in [6.45, 7) is 2.45. The van der Waals surface area contributed by atoms with E-state index in [1.807, 2.05) is 42.8 Å². The maximum atomic E-state index is 11.6. The van der Waals surface area contributed by atoms with Gasteiger partial charge in [0.1, 0.15) is 12.2 Å². The molecule has 0 spiro atoms. The molecule has 0 saturated heterocycles. The first kappa shape index (κ1) is 13.1. The molecule has 0 N–H and O–H groups in total. The van der Waals surface area contributed by atoms with Gasteiger partial charge in [-0.3, -0.25) is 4.79 Å². The van der Waals surface area contributed by atoms with Gasteiger partial charge in [0, 0.05) is 20.6 Å². The molecule has 1 heterocycles. The molecule has 1 amide bonds. The lowest BCUT2D eigenvalue weighted by molar-refractivity contribution is -0.129. The first-order valence-electron chi connectivity index (χ1n) is 6.06. The predicted octanol–water partition coefficient (Wildman–Crippen LogP) is 1.75. The molecule has 0 radical (unpaired) electrons. The van der Waals surface area contributed by atoms with Gasteiger partial charge >= 0.3 is 0 Å². The average Bonchev–Trinajstić information content (AvgIpc) is 2.65. The molecule has 0 bridgehead atoms. The summed E-state index contributed by atoms with van der Waals surface area (Å²) >= 11 is 0. The van der Waals surface area contributed by atoms with Gasteiger partial charge in [-0.25, -0.2) is 4.98 Å². The zero-order valence-corrected chi connectivity index (χ0v) is 11.3. The van der Waals surface area contributed by atoms with E-state index < -0.39 is 0 Å². The molecular weight excluding hydrogens is 240 g/mol. The van der Waals surface area contributed by atoms with Crippen LogP contribution in [-0.2, 0) is 18.4 Å². The minimum atomic E-state index is -0.167. The van der Waals surface area contributed by atoms with Gasteiger partial charge < -0.3 is 9.47 Å². The van der Waals surface area contributed by atoms with Crippen molar-refractivity contribution in [3.8, 4) is 6.07 Å². The summed E-state index contributed by atoms with van der Waals surface area (Å²) in [6.07, 6.45) is -0.0819. The van der Waals surface area contributed by atoms with Gasteiger partial charge in [-0.1, -0.05) is 6.07 Å². The Bertz CT molecular complexity index is 666. The van der Waals surface area contributed by atoms with Crippen LogP contribution in [0.3, 0.4) is 0 Å². The van der Waals surface area contributed by atoms with Crippen LogP contribution in [0.4, 0.5) is 0 Å². The summed E-state index contributed by atoms with van der Waals surface area (Å²) in [4.78, 5) is 17.6. The monoisotopic (exact) mass is 256 g/mol. The van der Waals surface area contributed by atoms with Gasteiger partial charge in [-0.05, 0) is 24.6 Å². The molecule has 0 aliphatic carbocycles. The highest BCUT2D eigenvalue weighted by molar-refractivity contribution is 5.79. The Morgan fingerprint density at radius 1 is 1.53 bits per heavy atom. The molecule has 2 rings (SSSR count). The highest BCUT2D eigenvalue weighted by Crippen LogP contribution is 2.17. The number of nitrogens with zero attached hydrogens (tertiary/aromatic N) is 4. The van der Waals surface area contributed by atoms with Crippen molar-refractivity contribution in [3.05, 3.63) is 29.6 Å². The maximum absolute atomic E-state index is 11.6. The summed E-state index contributed by atoms with van der Waals surface area (Å²) in [7, 11) is 3.68. The van der Waals surface area contributed by atoms with Crippen molar-refractivity contribution in [2.75, 3.05) is 7.05 Å². The van der Waals surface area contributed by atoms with E-state index in [4.69, 9.17) is 5.26 Å². The first-order chi connectivity index (χ1) is 9.02. The molecule has 0 saturated carbocycles. The van der Waals surface area contributed by atoms with Crippen LogP contribution in [0, 0.1) is 18.3 Å². The third-order valence-electron chi connectivity index (χ3n) is 3.24. The number of hydrogen-bond acceptors (Lipinski definition) is 3. The maximum Gasteiger partial charge on any atom is 0.236 e. The fourth-order valence-corrected chi connectivity index (χ4v) is 2.03. The number of rotatable bonds is 3. The molecule has 2 aromatic rings. The van der Waals surface area contributed by atoms with Crippen LogP contribution in [-0.4, -0.2) is 27.4 Å². The summed E-state index contributed by atoms with van der Waals surface area (Å²) in [5.41, 5.74) is 3.02. The number of aromatic nitrogens is 2. The highest BCUT2D eigenvalue weighted by Gasteiger charge is 2.10. The molecule has 5 nitrogen and oxygen atoms in total. The predicted molar refractivity (Wildman–Crippen MR) is 72.2 cm³/mol. The number of nitriles is 1. The van der Waals surface area contributed by atoms with E-state index in [1.165, 1.54) is 0 Å². The molecule has 0 unspecified atom stereocenters. The quantitative estimate of drug-likeness (QED) is 0.840. The second kappa shape index (κ2) is 5.11. The lowest BCUT2D eigenvalue weighted by Gasteiger charge is -2.15. The van der Waals surface area contributed by atoms with Gasteiger partial charge in [0.15, 0.2) is 0 Å². The molecule has 0 aliphatic rings. The molecule has 0 fully saturated rings. The Balaban J connectivity index is 2.23. The molecular formula is C14H16N4O. The molecule has 0 aliphatic heterocycles. The minimum absolute atomic E-state index is 0.0819. The van der Waals surface area contributed by atoms with Crippen molar-refractivity contribution in [2.45, 2.75) is 19.9 Å². The molecule has 19 heavy (non-hydrogen) atoms. The number of carbonyl (C=O) groups is 1. The highest BCUT2D eigenvalue weighted by atomic mass is 16.2. The Labute approximate surface area is 112 Å². The van der Waals surface area contributed by atoms with Gasteiger partial charge in [0.05, 0.1) is 17.1 Å². The van der Waals surface area contributed by atoms with Crippen LogP contribution < -0.4 is 0 Å². The zero-order valence-electron chi connectivity index (χ0n) is 11.3. The van der Waals surface area contributed by atoms with Crippen molar-refractivity contribution >= 4 is 16.9 Å². The Morgan fingerprint density at radius 2 is 2.26 bits per heavy atom. The fraction of sp³-hybridized carbons (Fsp3) is 0.357. The number of imidazole rings is 1. The number of carbonyl (C=O) groups excluding carboxylic acids is 1. The van der Waals surface area contributed by atoms with Crippen molar-refractivity contribution in [3.63, 3.8) is 0 Å². The molecule has 1 aromatic carbocycles. The van der Waals surface area contributed by atoms with E-state index in [-0.39, 0.29) is 12.3 Å². The van der Waals surface area contributed by atoms with Gasteiger partial charge in [-0.2, -0.15) is 5.26 Å². The molecule has 98 valence electrons. The second-order valence-electron chi connectivity index (χ2n) is 4.63. The Hall–Kier alpha value is -2.35. The second-order valence-corrected chi connectivity index (χ2v) is 4.63. The first-order valence-corrected chi connectivity index (χ1v) is 6.06. The number of hydrogen-bond donors (Lipinski definition) is 0. The summed E-state index contributed by atoms with van der Waals surface area (Å²) in [5.74, 6) is 0.792. The molecule has 0 atom stereocenters. The number of amides is 1. The Kier molecular flexibility index (Phi) is 3.52. The molecule has 5 heteroatoms. The van der Waals surface area contributed by atoms with E-state index in [9.17, 15) is 4.79 Å². The van der Waals surface area contributed by atoms with Crippen LogP contribution in [0.5, 0.6) is 0 Å². The van der Waals surface area contributed by atoms with Crippen LogP contribution in [0.1, 0.15) is 17.8 Å². The number of benzene rings is 1. The third-order valence-corrected chi connectivity index (χ3v) is 3.24. The van der Waals surface area contributed by atoms with Crippen LogP contribution in [0.15, 0.2) is 18.2 Å². The number of fused-ring (bicyclic) bond motifs is 1. The lowest BCUT2D eigenvalue weighted by atomic mass is 10.2. The summed E-state index contributed by atoms with van der Waals surface area (Å²) in [5, 5.41) is 8.52. The average molecular weight is 256 g/mol. The normalized spacial score (nSPS) is 10.4. The number of aryl methyl sites for hydroxylation is 2. The Morgan fingerprint density at radius 3 is 2.95 bits per heavy atom. The third kappa shape index (κ3) is 2.58. The summed E-state index contributed by atoms with van der Waals surface area (Å²) < 4.78 is 2.03. The van der Waals surface area contributed by atoms with E-state index in [0.29, 0.717) is 6.54 Å². The van der Waals surface area contributed by atoms with E-state index in [1.54, 1.807) is 11.9 Å². The minimum Gasteiger partial charge on any atom is -0.341 e. The fourth-order valence-electron chi connectivity index (χ4n) is 2.03. The van der Waals surface area contributed by atoms with E-state index >= 15 is 0 Å². The van der Waals surface area contributed by atoms with Crippen molar-refractivity contribution in [2.24, 2.45) is 7.05 Å². The SMILES string of the molecule is Cc1nc2cc(CN(C)C(=O)CC#N)ccc2n1C. The van der Waals surface area contributed by atoms with E-state index in [2.05, 4.69) is 4.98 Å². The lowest BCUT2D eigenvalue weighted by Crippen LogP contribution is -2.25. The topological polar surface area (TPSA) is 61.9 Å². The van der Waals surface area contributed by atoms with Crippen molar-refractivity contribution in [1.82, 2.24) is 14.5 Å². The van der Waals surface area contributed by atoms with Crippen molar-refractivity contribution in [1.29, 1.82) is 5.26 Å². The zero-order chi connectivity index (χ0) is 14.0. The van der Waals surface area contributed by atoms with Crippen molar-refractivity contribution < 1.29 is 4.79 Å². The standard InChI is InChI=1S/C14H16N4O/c1-10-16-12-8-11(4-5-13(12)18(10)3)9-17(2)14(19)6-7-15/h4-5,8H,6,9H2,1-3H3. The summed E-state index contributed by atoms with van der Waals surface area (Å²) in [6, 6.07) is 7.85. The molecule has 1 aromatic heterocycles. The smallest absolute Gasteiger partial charge is 0.236 e. The largest absolute Gasteiger partial charge is 0.341 e. The van der Waals surface area contributed by atoms with Gasteiger partial charge in [0.25, 0.3) is 0 Å². The van der Waals surface area contributed by atoms with Crippen LogP contribution >= 0.6 is 0 Å². The van der Waals surface area contributed by atoms with Gasteiger partial charge in [-0.15, -0.1) is 0 Å². The van der Waals surface area contributed by atoms with E-state index in [0.717, 1.165) is 22.4 Å².